The zero-order chi connectivity index (χ0) is 22.6. The molecule has 0 saturated carbocycles. The van der Waals surface area contributed by atoms with Gasteiger partial charge in [-0.25, -0.2) is 8.42 Å². The van der Waals surface area contributed by atoms with Gasteiger partial charge in [0.2, 0.25) is 27.6 Å². The summed E-state index contributed by atoms with van der Waals surface area (Å²) in [6.07, 6.45) is 1.07. The zero-order valence-corrected chi connectivity index (χ0v) is 18.5. The van der Waals surface area contributed by atoms with Crippen LogP contribution in [0.15, 0.2) is 53.1 Å². The summed E-state index contributed by atoms with van der Waals surface area (Å²) in [5.74, 6) is 0.790. The number of aryl methyl sites for hydroxylation is 1. The number of methoxy groups -OCH3 is 1. The first kappa shape index (κ1) is 22.3. The summed E-state index contributed by atoms with van der Waals surface area (Å²) < 4.78 is 36.1. The Hall–Kier alpha value is -3.40. The second-order valence-electron chi connectivity index (χ2n) is 7.03. The van der Waals surface area contributed by atoms with Gasteiger partial charge in [-0.3, -0.25) is 9.10 Å². The first-order valence-electron chi connectivity index (χ1n) is 9.50. The summed E-state index contributed by atoms with van der Waals surface area (Å²) in [6, 6.07) is 13.1. The van der Waals surface area contributed by atoms with Gasteiger partial charge in [-0.2, -0.15) is 4.98 Å². The lowest BCUT2D eigenvalue weighted by atomic mass is 10.2. The summed E-state index contributed by atoms with van der Waals surface area (Å²) >= 11 is 0. The minimum absolute atomic E-state index is 0.0299. The van der Waals surface area contributed by atoms with Crippen LogP contribution in [0.4, 0.5) is 5.69 Å². The quantitative estimate of drug-likeness (QED) is 0.568. The molecule has 9 nitrogen and oxygen atoms in total. The molecule has 0 spiro atoms. The molecule has 1 atom stereocenters. The van der Waals surface area contributed by atoms with Gasteiger partial charge in [0.15, 0.2) is 0 Å². The van der Waals surface area contributed by atoms with Crippen LogP contribution in [0.25, 0.3) is 11.4 Å². The number of aromatic nitrogens is 2. The highest BCUT2D eigenvalue weighted by molar-refractivity contribution is 7.92. The Kier molecular flexibility index (Phi) is 6.59. The molecule has 0 aliphatic carbocycles. The second kappa shape index (κ2) is 9.17. The molecule has 0 unspecified atom stereocenters. The maximum Gasteiger partial charge on any atom is 0.246 e. The van der Waals surface area contributed by atoms with E-state index in [1.807, 2.05) is 6.92 Å². The topological polar surface area (TPSA) is 115 Å². The van der Waals surface area contributed by atoms with E-state index in [0.29, 0.717) is 17.3 Å². The fourth-order valence-corrected chi connectivity index (χ4v) is 4.17. The molecule has 10 heteroatoms. The van der Waals surface area contributed by atoms with Crippen molar-refractivity contribution in [3.8, 4) is 17.1 Å². The normalized spacial score (nSPS) is 12.3. The van der Waals surface area contributed by atoms with Gasteiger partial charge >= 0.3 is 0 Å². The van der Waals surface area contributed by atoms with E-state index in [9.17, 15) is 13.2 Å². The molecule has 0 fully saturated rings. The number of nitrogens with one attached hydrogen (secondary N) is 1. The number of nitrogens with zero attached hydrogens (tertiary/aromatic N) is 3. The third kappa shape index (κ3) is 5.40. The highest BCUT2D eigenvalue weighted by Crippen LogP contribution is 2.22. The SMILES string of the molecule is COc1ccc(-c2noc(CNC(=O)[C@H](C)N(c3ccc(C)cc3)S(C)(=O)=O)n2)cc1. The van der Waals surface area contributed by atoms with Gasteiger partial charge in [0, 0.05) is 5.56 Å². The number of carbonyl (C=O) groups is 1. The molecule has 0 aliphatic heterocycles. The van der Waals surface area contributed by atoms with Gasteiger partial charge in [-0.15, -0.1) is 0 Å². The minimum Gasteiger partial charge on any atom is -0.497 e. The van der Waals surface area contributed by atoms with Gasteiger partial charge in [-0.05, 0) is 50.2 Å². The van der Waals surface area contributed by atoms with Crippen molar-refractivity contribution in [2.75, 3.05) is 17.7 Å². The number of rotatable bonds is 8. The Morgan fingerprint density at radius 3 is 2.39 bits per heavy atom. The molecule has 1 N–H and O–H groups in total. The van der Waals surface area contributed by atoms with E-state index < -0.39 is 22.0 Å². The third-order valence-corrected chi connectivity index (χ3v) is 5.85. The monoisotopic (exact) mass is 444 g/mol. The van der Waals surface area contributed by atoms with E-state index >= 15 is 0 Å². The molecule has 3 rings (SSSR count). The summed E-state index contributed by atoms with van der Waals surface area (Å²) in [5.41, 5.74) is 2.13. The lowest BCUT2D eigenvalue weighted by Gasteiger charge is -2.28. The molecule has 0 saturated heterocycles. The van der Waals surface area contributed by atoms with Crippen LogP contribution in [0.5, 0.6) is 5.75 Å². The predicted molar refractivity (Wildman–Crippen MR) is 116 cm³/mol. The lowest BCUT2D eigenvalue weighted by Crippen LogP contribution is -2.47. The maximum atomic E-state index is 12.7. The summed E-state index contributed by atoms with van der Waals surface area (Å²) in [7, 11) is -2.11. The average molecular weight is 445 g/mol. The Balaban J connectivity index is 1.69. The van der Waals surface area contributed by atoms with Gasteiger partial charge in [0.25, 0.3) is 0 Å². The first-order valence-corrected chi connectivity index (χ1v) is 11.3. The number of amides is 1. The van der Waals surface area contributed by atoms with Crippen molar-refractivity contribution in [1.29, 1.82) is 0 Å². The number of benzene rings is 2. The summed E-state index contributed by atoms with van der Waals surface area (Å²) in [6.45, 7) is 3.39. The van der Waals surface area contributed by atoms with E-state index in [0.717, 1.165) is 21.7 Å². The molecular formula is C21H24N4O5S. The minimum atomic E-state index is -3.68. The van der Waals surface area contributed by atoms with Crippen LogP contribution >= 0.6 is 0 Å². The number of carbonyl (C=O) groups excluding carboxylic acids is 1. The standard InChI is InChI=1S/C21H24N4O5S/c1-14-5-9-17(10-6-14)25(31(4,27)28)15(2)21(26)22-13-19-23-20(24-30-19)16-7-11-18(29-3)12-8-16/h5-12,15H,13H2,1-4H3,(H,22,26)/t15-/m0/s1. The van der Waals surface area contributed by atoms with E-state index in [-0.39, 0.29) is 12.4 Å². The molecule has 1 heterocycles. The highest BCUT2D eigenvalue weighted by atomic mass is 32.2. The Morgan fingerprint density at radius 1 is 1.16 bits per heavy atom. The smallest absolute Gasteiger partial charge is 0.246 e. The molecule has 0 aliphatic rings. The Morgan fingerprint density at radius 2 is 1.81 bits per heavy atom. The highest BCUT2D eigenvalue weighted by Gasteiger charge is 2.29. The van der Waals surface area contributed by atoms with Crippen LogP contribution in [-0.4, -0.2) is 43.9 Å². The molecular weight excluding hydrogens is 420 g/mol. The maximum absolute atomic E-state index is 12.7. The van der Waals surface area contributed by atoms with Crippen LogP contribution in [0.2, 0.25) is 0 Å². The first-order chi connectivity index (χ1) is 14.7. The Bertz CT molecular complexity index is 1140. The predicted octanol–water partition coefficient (Wildman–Crippen LogP) is 2.52. The molecule has 0 bridgehead atoms. The Labute approximate surface area is 181 Å². The number of ether oxygens (including phenoxy) is 1. The summed E-state index contributed by atoms with van der Waals surface area (Å²) in [4.78, 5) is 16.9. The van der Waals surface area contributed by atoms with Crippen molar-refractivity contribution >= 4 is 21.6 Å². The number of hydrogen-bond donors (Lipinski definition) is 1. The van der Waals surface area contributed by atoms with E-state index in [1.165, 1.54) is 6.92 Å². The molecule has 1 amide bonds. The van der Waals surface area contributed by atoms with Crippen molar-refractivity contribution in [2.24, 2.45) is 0 Å². The van der Waals surface area contributed by atoms with Crippen LogP contribution in [-0.2, 0) is 21.4 Å². The molecule has 0 radical (unpaired) electrons. The van der Waals surface area contributed by atoms with Gasteiger partial charge in [0.05, 0.1) is 25.6 Å². The molecule has 1 aromatic heterocycles. The zero-order valence-electron chi connectivity index (χ0n) is 17.7. The van der Waals surface area contributed by atoms with Crippen molar-refractivity contribution in [1.82, 2.24) is 15.5 Å². The van der Waals surface area contributed by atoms with E-state index in [4.69, 9.17) is 9.26 Å². The van der Waals surface area contributed by atoms with Gasteiger partial charge in [-0.1, -0.05) is 22.9 Å². The van der Waals surface area contributed by atoms with E-state index in [1.54, 1.807) is 55.6 Å². The third-order valence-electron chi connectivity index (χ3n) is 4.61. The molecule has 3 aromatic rings. The average Bonchev–Trinajstić information content (AvgIpc) is 3.21. The van der Waals surface area contributed by atoms with Crippen molar-refractivity contribution in [3.05, 3.63) is 60.0 Å². The van der Waals surface area contributed by atoms with Gasteiger partial charge in [0.1, 0.15) is 11.8 Å². The second-order valence-corrected chi connectivity index (χ2v) is 8.89. The summed E-state index contributed by atoms with van der Waals surface area (Å²) in [5, 5.41) is 6.56. The van der Waals surface area contributed by atoms with Crippen LogP contribution < -0.4 is 14.4 Å². The number of anilines is 1. The molecule has 164 valence electrons. The lowest BCUT2D eigenvalue weighted by molar-refractivity contribution is -0.122. The van der Waals surface area contributed by atoms with Crippen LogP contribution in [0.3, 0.4) is 0 Å². The number of hydrogen-bond acceptors (Lipinski definition) is 7. The molecule has 31 heavy (non-hydrogen) atoms. The largest absolute Gasteiger partial charge is 0.497 e. The van der Waals surface area contributed by atoms with Crippen molar-refractivity contribution in [3.63, 3.8) is 0 Å². The van der Waals surface area contributed by atoms with E-state index in [2.05, 4.69) is 15.5 Å². The fraction of sp³-hybridized carbons (Fsp3) is 0.286. The van der Waals surface area contributed by atoms with Crippen molar-refractivity contribution in [2.45, 2.75) is 26.4 Å². The van der Waals surface area contributed by atoms with Crippen LogP contribution in [0, 0.1) is 6.92 Å². The number of sulfonamides is 1. The van der Waals surface area contributed by atoms with Gasteiger partial charge < -0.3 is 14.6 Å². The molecule has 2 aromatic carbocycles. The van der Waals surface area contributed by atoms with Crippen LogP contribution in [0.1, 0.15) is 18.4 Å². The van der Waals surface area contributed by atoms with Crippen molar-refractivity contribution < 1.29 is 22.5 Å². The fourth-order valence-electron chi connectivity index (χ4n) is 2.99.